The quantitative estimate of drug-likeness (QED) is 0.468. The molecule has 1 fully saturated rings. The maximum absolute atomic E-state index is 11.9. The van der Waals surface area contributed by atoms with Crippen molar-refractivity contribution in [2.45, 2.75) is 20.4 Å². The lowest BCUT2D eigenvalue weighted by atomic mass is 10.3. The van der Waals surface area contributed by atoms with Crippen LogP contribution in [0.15, 0.2) is 18.5 Å². The zero-order valence-electron chi connectivity index (χ0n) is 19.8. The Bertz CT molecular complexity index is 1350. The van der Waals surface area contributed by atoms with E-state index < -0.39 is 21.8 Å². The normalized spacial score (nSPS) is 14.5. The molecule has 1 aliphatic rings. The van der Waals surface area contributed by atoms with E-state index in [1.807, 2.05) is 6.07 Å². The summed E-state index contributed by atoms with van der Waals surface area (Å²) in [5.74, 6) is 0.114. The summed E-state index contributed by atoms with van der Waals surface area (Å²) in [7, 11) is -1.80. The Kier molecular flexibility index (Phi) is 7.07. The molecule has 1 saturated heterocycles. The number of nitrogens with zero attached hydrogens (tertiary/aromatic N) is 7. The zero-order valence-corrected chi connectivity index (χ0v) is 21.4. The molecule has 3 aromatic heterocycles. The van der Waals surface area contributed by atoms with E-state index in [1.54, 1.807) is 0 Å². The smallest absolute Gasteiger partial charge is 0.239 e. The fourth-order valence-electron chi connectivity index (χ4n) is 3.55. The fourth-order valence-corrected chi connectivity index (χ4v) is 5.17. The van der Waals surface area contributed by atoms with Crippen LogP contribution in [0.3, 0.4) is 0 Å². The number of hydrogen-bond acceptors (Lipinski definition) is 11. The number of rotatable bonds is 6. The van der Waals surface area contributed by atoms with Crippen molar-refractivity contribution in [1.82, 2.24) is 24.2 Å². The average Bonchev–Trinajstić information content (AvgIpc) is 3.20. The van der Waals surface area contributed by atoms with E-state index in [9.17, 15) is 18.0 Å². The van der Waals surface area contributed by atoms with Crippen molar-refractivity contribution in [3.63, 3.8) is 0 Å². The van der Waals surface area contributed by atoms with Gasteiger partial charge in [-0.25, -0.2) is 37.6 Å². The maximum Gasteiger partial charge on any atom is 0.239 e. The molecule has 2 amide bonds. The summed E-state index contributed by atoms with van der Waals surface area (Å²) in [5.41, 5.74) is 1.19. The monoisotopic (exact) mass is 519 g/mol. The Labute approximate surface area is 206 Å². The highest BCUT2D eigenvalue weighted by Crippen LogP contribution is 2.35. The molecule has 0 radical (unpaired) electrons. The molecule has 14 heteroatoms. The highest BCUT2D eigenvalue weighted by Gasteiger charge is 2.23. The molecule has 1 aliphatic heterocycles. The molecule has 12 nitrogen and oxygen atoms in total. The third kappa shape index (κ3) is 5.45. The highest BCUT2D eigenvalue weighted by molar-refractivity contribution is 7.88. The molecule has 0 aromatic carbocycles. The second-order valence-corrected chi connectivity index (χ2v) is 11.3. The number of morpholine rings is 1. The lowest BCUT2D eigenvalue weighted by molar-refractivity contribution is -0.124. The molecule has 4 heterocycles. The van der Waals surface area contributed by atoms with Crippen LogP contribution in [0.1, 0.15) is 18.7 Å². The van der Waals surface area contributed by atoms with Gasteiger partial charge in [0.2, 0.25) is 27.8 Å². The molecule has 0 atom stereocenters. The van der Waals surface area contributed by atoms with Crippen LogP contribution in [0.2, 0.25) is 0 Å². The van der Waals surface area contributed by atoms with Crippen LogP contribution in [-0.2, 0) is 30.9 Å². The van der Waals surface area contributed by atoms with Crippen molar-refractivity contribution in [3.8, 4) is 11.4 Å². The minimum atomic E-state index is -3.34. The van der Waals surface area contributed by atoms with Crippen LogP contribution in [0, 0.1) is 0 Å². The van der Waals surface area contributed by atoms with Crippen LogP contribution >= 0.6 is 11.3 Å². The number of ether oxygens (including phenoxy) is 1. The maximum atomic E-state index is 11.9. The number of sulfonamides is 1. The lowest BCUT2D eigenvalue weighted by Gasteiger charge is -2.28. The summed E-state index contributed by atoms with van der Waals surface area (Å²) < 4.78 is 31.4. The minimum absolute atomic E-state index is 0.0233. The van der Waals surface area contributed by atoms with Crippen molar-refractivity contribution < 1.29 is 22.7 Å². The molecule has 4 rings (SSSR count). The number of hydrogen-bond donors (Lipinski definition) is 0. The lowest BCUT2D eigenvalue weighted by Crippen LogP contribution is -2.36. The SMILES string of the molecule is CC(=O)N(C(C)=O)c1ncc(-c2nc(N3CCOCC3)c3sc(CN(C)S(C)(=O)=O)cc3n2)cn1. The van der Waals surface area contributed by atoms with E-state index in [0.29, 0.717) is 43.2 Å². The first-order chi connectivity index (χ1) is 16.5. The van der Waals surface area contributed by atoms with Gasteiger partial charge in [0.05, 0.1) is 35.2 Å². The first-order valence-electron chi connectivity index (χ1n) is 10.7. The topological polar surface area (TPSA) is 139 Å². The van der Waals surface area contributed by atoms with Gasteiger partial charge in [-0.1, -0.05) is 0 Å². The molecule has 0 saturated carbocycles. The Morgan fingerprint density at radius 1 is 1.11 bits per heavy atom. The van der Waals surface area contributed by atoms with E-state index in [2.05, 4.69) is 19.9 Å². The average molecular weight is 520 g/mol. The summed E-state index contributed by atoms with van der Waals surface area (Å²) in [6.45, 7) is 5.20. The number of carbonyl (C=O) groups is 2. The molecular weight excluding hydrogens is 494 g/mol. The molecule has 0 N–H and O–H groups in total. The third-order valence-electron chi connectivity index (χ3n) is 5.39. The molecule has 0 bridgehead atoms. The Balaban J connectivity index is 1.76. The number of anilines is 2. The van der Waals surface area contributed by atoms with Crippen LogP contribution in [0.5, 0.6) is 0 Å². The first kappa shape index (κ1) is 25.0. The van der Waals surface area contributed by atoms with Crippen LogP contribution in [0.25, 0.3) is 21.6 Å². The number of fused-ring (bicyclic) bond motifs is 1. The van der Waals surface area contributed by atoms with Gasteiger partial charge in [0.15, 0.2) is 11.6 Å². The number of amides is 2. The Morgan fingerprint density at radius 2 is 1.74 bits per heavy atom. The number of aromatic nitrogens is 4. The van der Waals surface area contributed by atoms with E-state index in [0.717, 1.165) is 20.3 Å². The van der Waals surface area contributed by atoms with E-state index in [-0.39, 0.29) is 12.5 Å². The second kappa shape index (κ2) is 9.89. The standard InChI is InChI=1S/C21H25N7O5S2/c1-13(29)28(14(2)30)21-22-10-15(11-23-21)19-24-17-9-16(12-26(3)35(4,31)32)34-18(17)20(25-19)27-5-7-33-8-6-27/h9-11H,5-8,12H2,1-4H3. The molecule has 35 heavy (non-hydrogen) atoms. The molecule has 3 aromatic rings. The van der Waals surface area contributed by atoms with Crippen molar-refractivity contribution >= 4 is 55.2 Å². The van der Waals surface area contributed by atoms with Gasteiger partial charge >= 0.3 is 0 Å². The van der Waals surface area contributed by atoms with Crippen LogP contribution in [-0.4, -0.2) is 84.1 Å². The van der Waals surface area contributed by atoms with Gasteiger partial charge in [-0.05, 0) is 6.07 Å². The molecule has 0 aliphatic carbocycles. The van der Waals surface area contributed by atoms with Crippen molar-refractivity contribution in [1.29, 1.82) is 0 Å². The summed E-state index contributed by atoms with van der Waals surface area (Å²) in [5, 5.41) is 0. The molecule has 0 unspecified atom stereocenters. The summed E-state index contributed by atoms with van der Waals surface area (Å²) in [6.07, 6.45) is 4.10. The van der Waals surface area contributed by atoms with Crippen molar-refractivity contribution in [2.24, 2.45) is 0 Å². The minimum Gasteiger partial charge on any atom is -0.378 e. The number of imide groups is 1. The predicted octanol–water partition coefficient (Wildman–Crippen LogP) is 1.28. The van der Waals surface area contributed by atoms with Crippen molar-refractivity contribution in [2.75, 3.05) is 49.4 Å². The number of thiophene rings is 1. The largest absolute Gasteiger partial charge is 0.378 e. The first-order valence-corrected chi connectivity index (χ1v) is 13.4. The van der Waals surface area contributed by atoms with Gasteiger partial charge in [0.1, 0.15) is 0 Å². The summed E-state index contributed by atoms with van der Waals surface area (Å²) in [6, 6.07) is 1.86. The van der Waals surface area contributed by atoms with Gasteiger partial charge in [0.25, 0.3) is 0 Å². The zero-order chi connectivity index (χ0) is 25.3. The van der Waals surface area contributed by atoms with Gasteiger partial charge in [0, 0.05) is 57.8 Å². The van der Waals surface area contributed by atoms with Gasteiger partial charge < -0.3 is 9.64 Å². The van der Waals surface area contributed by atoms with Crippen LogP contribution in [0.4, 0.5) is 11.8 Å². The van der Waals surface area contributed by atoms with E-state index in [1.165, 1.54) is 55.2 Å². The van der Waals surface area contributed by atoms with Crippen molar-refractivity contribution in [3.05, 3.63) is 23.3 Å². The summed E-state index contributed by atoms with van der Waals surface area (Å²) >= 11 is 1.45. The molecule has 0 spiro atoms. The number of carbonyl (C=O) groups excluding carboxylic acids is 2. The predicted molar refractivity (Wildman–Crippen MR) is 132 cm³/mol. The molecular formula is C21H25N7O5S2. The van der Waals surface area contributed by atoms with Crippen LogP contribution < -0.4 is 9.80 Å². The molecule has 186 valence electrons. The fraction of sp³-hybridized carbons (Fsp3) is 0.429. The summed E-state index contributed by atoms with van der Waals surface area (Å²) in [4.78, 5) is 45.2. The highest BCUT2D eigenvalue weighted by atomic mass is 32.2. The third-order valence-corrected chi connectivity index (χ3v) is 7.75. The Hall–Kier alpha value is -3.07. The van der Waals surface area contributed by atoms with Gasteiger partial charge in [-0.3, -0.25) is 9.59 Å². The van der Waals surface area contributed by atoms with Gasteiger partial charge in [-0.15, -0.1) is 11.3 Å². The second-order valence-electron chi connectivity index (χ2n) is 8.06. The Morgan fingerprint density at radius 3 is 2.31 bits per heavy atom. The van der Waals surface area contributed by atoms with E-state index in [4.69, 9.17) is 9.72 Å². The van der Waals surface area contributed by atoms with E-state index >= 15 is 0 Å². The van der Waals surface area contributed by atoms with Gasteiger partial charge in [-0.2, -0.15) is 0 Å².